The summed E-state index contributed by atoms with van der Waals surface area (Å²) in [6, 6.07) is 4.51. The summed E-state index contributed by atoms with van der Waals surface area (Å²) in [5.41, 5.74) is 5.07. The van der Waals surface area contributed by atoms with E-state index in [9.17, 15) is 0 Å². The molecule has 3 heterocycles. The lowest BCUT2D eigenvalue weighted by Gasteiger charge is -2.10. The third-order valence-electron chi connectivity index (χ3n) is 5.12. The summed E-state index contributed by atoms with van der Waals surface area (Å²) in [5.74, 6) is 0. The Morgan fingerprint density at radius 2 is 2.04 bits per heavy atom. The van der Waals surface area contributed by atoms with Crippen LogP contribution in [0.15, 0.2) is 30.5 Å². The molecule has 0 saturated carbocycles. The van der Waals surface area contributed by atoms with Gasteiger partial charge < -0.3 is 15.0 Å². The summed E-state index contributed by atoms with van der Waals surface area (Å²) in [5, 5.41) is 12.9. The predicted octanol–water partition coefficient (Wildman–Crippen LogP) is 5.65. The first-order valence-corrected chi connectivity index (χ1v) is 10.0. The second-order valence-corrected chi connectivity index (χ2v) is 7.74. The molecule has 1 aromatic carbocycles. The summed E-state index contributed by atoms with van der Waals surface area (Å²) in [6.45, 7) is 2.98. The zero-order valence-electron chi connectivity index (χ0n) is 15.3. The Labute approximate surface area is 169 Å². The minimum absolute atomic E-state index is 0.250. The van der Waals surface area contributed by atoms with Gasteiger partial charge in [-0.3, -0.25) is 4.79 Å². The lowest BCUT2D eigenvalue weighted by Crippen LogP contribution is -2.18. The molecule has 2 aliphatic rings. The quantitative estimate of drug-likeness (QED) is 0.601. The largest absolute Gasteiger partial charge is 0.483 e. The molecule has 0 bridgehead atoms. The van der Waals surface area contributed by atoms with Crippen LogP contribution in [0, 0.1) is 0 Å². The molecule has 0 radical (unpaired) electrons. The topological polar surface area (TPSA) is 54.3 Å². The fourth-order valence-corrected chi connectivity index (χ4v) is 4.32. The molecule has 0 aliphatic carbocycles. The van der Waals surface area contributed by atoms with Gasteiger partial charge in [-0.2, -0.15) is 0 Å². The van der Waals surface area contributed by atoms with Crippen molar-refractivity contribution in [2.75, 3.05) is 0 Å². The number of fused-ring (bicyclic) bond motifs is 3. The van der Waals surface area contributed by atoms with E-state index in [0.29, 0.717) is 16.1 Å². The first-order chi connectivity index (χ1) is 13.1. The summed E-state index contributed by atoms with van der Waals surface area (Å²) >= 11 is 12.9. The Kier molecular flexibility index (Phi) is 6.51. The van der Waals surface area contributed by atoms with Crippen molar-refractivity contribution >= 4 is 46.2 Å². The van der Waals surface area contributed by atoms with E-state index in [-0.39, 0.29) is 6.47 Å². The van der Waals surface area contributed by atoms with Gasteiger partial charge in [0.1, 0.15) is 0 Å². The van der Waals surface area contributed by atoms with Crippen molar-refractivity contribution in [1.29, 1.82) is 0 Å². The van der Waals surface area contributed by atoms with E-state index in [4.69, 9.17) is 33.1 Å². The Hall–Kier alpha value is -1.91. The van der Waals surface area contributed by atoms with Gasteiger partial charge in [-0.15, -0.1) is 0 Å². The average Bonchev–Trinajstić information content (AvgIpc) is 2.83. The Morgan fingerprint density at radius 3 is 2.81 bits per heavy atom. The number of carbonyl (C=O) groups is 1. The minimum Gasteiger partial charge on any atom is -0.483 e. The maximum Gasteiger partial charge on any atom is 0.290 e. The van der Waals surface area contributed by atoms with Crippen molar-refractivity contribution in [3.05, 3.63) is 51.8 Å². The van der Waals surface area contributed by atoms with E-state index in [1.165, 1.54) is 41.5 Å². The number of nitrogens with one attached hydrogen (secondary N) is 1. The second kappa shape index (κ2) is 8.85. The summed E-state index contributed by atoms with van der Waals surface area (Å²) in [4.78, 5) is 8.36. The van der Waals surface area contributed by atoms with Crippen LogP contribution in [0.3, 0.4) is 0 Å². The highest BCUT2D eigenvalue weighted by molar-refractivity contribution is 6.45. The predicted molar refractivity (Wildman–Crippen MR) is 113 cm³/mol. The molecule has 6 heteroatoms. The van der Waals surface area contributed by atoms with E-state index in [0.717, 1.165) is 24.9 Å². The van der Waals surface area contributed by atoms with Crippen LogP contribution in [0.25, 0.3) is 16.5 Å². The number of benzene rings is 1. The molecule has 4 nitrogen and oxygen atoms in total. The van der Waals surface area contributed by atoms with E-state index in [2.05, 4.69) is 41.2 Å². The molecule has 1 aromatic heterocycles. The Morgan fingerprint density at radius 1 is 1.26 bits per heavy atom. The van der Waals surface area contributed by atoms with Gasteiger partial charge in [-0.1, -0.05) is 47.8 Å². The first-order valence-electron chi connectivity index (χ1n) is 9.28. The van der Waals surface area contributed by atoms with Crippen LogP contribution >= 0.6 is 23.2 Å². The van der Waals surface area contributed by atoms with Crippen LogP contribution in [0.1, 0.15) is 43.9 Å². The van der Waals surface area contributed by atoms with Crippen LogP contribution in [0.2, 0.25) is 10.0 Å². The number of hydrogen-bond donors (Lipinski definition) is 2. The zero-order valence-corrected chi connectivity index (χ0v) is 16.9. The van der Waals surface area contributed by atoms with Gasteiger partial charge >= 0.3 is 0 Å². The van der Waals surface area contributed by atoms with E-state index < -0.39 is 0 Å². The van der Waals surface area contributed by atoms with Crippen molar-refractivity contribution in [2.45, 2.75) is 51.6 Å². The third-order valence-corrected chi connectivity index (χ3v) is 5.91. The maximum atomic E-state index is 8.36. The fraction of sp³-hybridized carbons (Fsp3) is 0.381. The van der Waals surface area contributed by atoms with E-state index >= 15 is 0 Å². The Balaban J connectivity index is 0.000000659. The van der Waals surface area contributed by atoms with Gasteiger partial charge in [0.25, 0.3) is 6.47 Å². The summed E-state index contributed by atoms with van der Waals surface area (Å²) in [7, 11) is 0. The van der Waals surface area contributed by atoms with Crippen molar-refractivity contribution in [1.82, 2.24) is 9.88 Å². The van der Waals surface area contributed by atoms with Gasteiger partial charge in [0.2, 0.25) is 0 Å². The summed E-state index contributed by atoms with van der Waals surface area (Å²) < 4.78 is 2.41. The highest BCUT2D eigenvalue weighted by Crippen LogP contribution is 2.41. The van der Waals surface area contributed by atoms with Crippen molar-refractivity contribution in [2.24, 2.45) is 0 Å². The number of aromatic nitrogens is 1. The number of rotatable bonds is 1. The van der Waals surface area contributed by atoms with Gasteiger partial charge in [0, 0.05) is 35.4 Å². The number of halogens is 2. The standard InChI is InChI=1S/C20H22Cl2N2.CH2O2/c1-13-6-5-7-14(12-23-13)18-15-9-10-16(21)19(22)20(15)24-11-4-2-3-8-17(18)24;2-1-3/h5,7,9-10,12-13,23H,2-4,6,8,11H2,1H3;1H,(H,2,3). The van der Waals surface area contributed by atoms with Crippen LogP contribution in [-0.4, -0.2) is 22.2 Å². The molecular formula is C21H24Cl2N2O2. The molecule has 27 heavy (non-hydrogen) atoms. The maximum absolute atomic E-state index is 8.36. The molecule has 2 aromatic rings. The van der Waals surface area contributed by atoms with Crippen LogP contribution < -0.4 is 5.32 Å². The molecule has 0 amide bonds. The SMILES string of the molecule is CC1CC=CC(c2c3n(c4c(Cl)c(Cl)ccc24)CCCCC3)=CN1.O=CO. The van der Waals surface area contributed by atoms with Crippen LogP contribution in [0.5, 0.6) is 0 Å². The van der Waals surface area contributed by atoms with Gasteiger partial charge in [0.05, 0.1) is 15.6 Å². The highest BCUT2D eigenvalue weighted by atomic mass is 35.5. The molecular weight excluding hydrogens is 383 g/mol. The van der Waals surface area contributed by atoms with E-state index in [1.54, 1.807) is 0 Å². The smallest absolute Gasteiger partial charge is 0.290 e. The molecule has 1 unspecified atom stereocenters. The van der Waals surface area contributed by atoms with Gasteiger partial charge in [-0.05, 0) is 44.2 Å². The lowest BCUT2D eigenvalue weighted by atomic mass is 9.99. The fourth-order valence-electron chi connectivity index (χ4n) is 3.90. The lowest BCUT2D eigenvalue weighted by molar-refractivity contribution is -0.122. The molecule has 2 N–H and O–H groups in total. The van der Waals surface area contributed by atoms with Gasteiger partial charge in [0.15, 0.2) is 0 Å². The Bertz CT molecular complexity index is 899. The normalized spacial score (nSPS) is 19.1. The number of nitrogens with zero attached hydrogens (tertiary/aromatic N) is 1. The monoisotopic (exact) mass is 406 g/mol. The van der Waals surface area contributed by atoms with Crippen LogP contribution in [-0.2, 0) is 17.8 Å². The molecule has 2 aliphatic heterocycles. The third kappa shape index (κ3) is 4.02. The first kappa shape index (κ1) is 19.8. The second-order valence-electron chi connectivity index (χ2n) is 6.95. The van der Waals surface area contributed by atoms with Gasteiger partial charge in [-0.25, -0.2) is 0 Å². The molecule has 0 spiro atoms. The zero-order chi connectivity index (χ0) is 19.4. The van der Waals surface area contributed by atoms with E-state index in [1.807, 2.05) is 6.07 Å². The average molecular weight is 407 g/mol. The number of aryl methyl sites for hydroxylation is 1. The number of carboxylic acid groups (broad SMARTS) is 1. The van der Waals surface area contributed by atoms with Crippen LogP contribution in [0.4, 0.5) is 0 Å². The molecule has 144 valence electrons. The molecule has 0 saturated heterocycles. The molecule has 0 fully saturated rings. The molecule has 4 rings (SSSR count). The minimum atomic E-state index is -0.250. The highest BCUT2D eigenvalue weighted by Gasteiger charge is 2.23. The number of allylic oxidation sites excluding steroid dienone is 2. The summed E-state index contributed by atoms with van der Waals surface area (Å²) in [6.07, 6.45) is 12.5. The van der Waals surface area contributed by atoms with Crippen molar-refractivity contribution in [3.63, 3.8) is 0 Å². The van der Waals surface area contributed by atoms with Crippen molar-refractivity contribution in [3.8, 4) is 0 Å². The molecule has 1 atom stereocenters. The number of hydrogen-bond acceptors (Lipinski definition) is 2. The van der Waals surface area contributed by atoms with Crippen molar-refractivity contribution < 1.29 is 9.90 Å².